The molecule has 0 aromatic heterocycles. The minimum absolute atomic E-state index is 0.243. The molecule has 0 atom stereocenters. The molecular weight excluding hydrogens is 233 g/mol. The quantitative estimate of drug-likeness (QED) is 0.882. The lowest BCUT2D eigenvalue weighted by molar-refractivity contribution is 0.211. The number of carbonyl (C=O) groups is 1. The Balaban J connectivity index is 2.50. The number of carbonyl (C=O) groups excluding carboxylic acids is 1. The van der Waals surface area contributed by atoms with E-state index in [0.717, 1.165) is 11.1 Å². The molecule has 0 aliphatic carbocycles. The van der Waals surface area contributed by atoms with Gasteiger partial charge in [0, 0.05) is 5.56 Å². The van der Waals surface area contributed by atoms with Gasteiger partial charge in [-0.05, 0) is 30.7 Å². The Morgan fingerprint density at radius 3 is 2.44 bits per heavy atom. The van der Waals surface area contributed by atoms with Gasteiger partial charge in [-0.15, -0.1) is 0 Å². The average Bonchev–Trinajstić information content (AvgIpc) is 2.32. The van der Waals surface area contributed by atoms with Crippen LogP contribution in [0.3, 0.4) is 0 Å². The molecule has 2 rings (SSSR count). The first-order chi connectivity index (χ1) is 8.56. The highest BCUT2D eigenvalue weighted by Crippen LogP contribution is 2.30. The fraction of sp³-hybridized carbons (Fsp3) is 0.0714. The Morgan fingerprint density at radius 2 is 1.83 bits per heavy atom. The summed E-state index contributed by atoms with van der Waals surface area (Å²) < 4.78 is 18.1. The van der Waals surface area contributed by atoms with E-state index in [1.807, 2.05) is 31.2 Å². The molecule has 0 aliphatic heterocycles. The lowest BCUT2D eigenvalue weighted by atomic mass is 10.0. The second-order valence-corrected chi connectivity index (χ2v) is 3.93. The van der Waals surface area contributed by atoms with Gasteiger partial charge < -0.3 is 10.5 Å². The summed E-state index contributed by atoms with van der Waals surface area (Å²) in [6.07, 6.45) is -0.921. The third-order valence-electron chi connectivity index (χ3n) is 2.51. The number of nitrogens with two attached hydrogens (primary N) is 1. The predicted octanol–water partition coefficient (Wildman–Crippen LogP) is 3.26. The fourth-order valence-electron chi connectivity index (χ4n) is 1.66. The third kappa shape index (κ3) is 2.66. The van der Waals surface area contributed by atoms with Crippen LogP contribution in [-0.2, 0) is 0 Å². The molecule has 92 valence electrons. The van der Waals surface area contributed by atoms with Crippen molar-refractivity contribution >= 4 is 6.09 Å². The standard InChI is InChI=1S/C14H12FNO2/c1-9-2-4-10(5-3-9)12-8-11(15)6-7-13(12)18-14(16)17/h2-8H,1H3,(H2,16,17). The van der Waals surface area contributed by atoms with Gasteiger partial charge in [-0.25, -0.2) is 9.18 Å². The summed E-state index contributed by atoms with van der Waals surface area (Å²) in [5.74, 6) is -0.157. The largest absolute Gasteiger partial charge is 0.410 e. The highest BCUT2D eigenvalue weighted by atomic mass is 19.1. The molecule has 1 amide bonds. The molecule has 18 heavy (non-hydrogen) atoms. The third-order valence-corrected chi connectivity index (χ3v) is 2.51. The normalized spacial score (nSPS) is 10.1. The molecule has 3 nitrogen and oxygen atoms in total. The monoisotopic (exact) mass is 245 g/mol. The van der Waals surface area contributed by atoms with Crippen molar-refractivity contribution in [3.8, 4) is 16.9 Å². The van der Waals surface area contributed by atoms with Gasteiger partial charge in [0.2, 0.25) is 0 Å². The minimum Gasteiger partial charge on any atom is -0.410 e. The van der Waals surface area contributed by atoms with Crippen molar-refractivity contribution in [2.75, 3.05) is 0 Å². The number of halogens is 1. The Hall–Kier alpha value is -2.36. The molecule has 0 fully saturated rings. The Kier molecular flexibility index (Phi) is 3.28. The molecule has 2 aromatic rings. The van der Waals surface area contributed by atoms with Crippen molar-refractivity contribution in [2.24, 2.45) is 5.73 Å². The van der Waals surface area contributed by atoms with E-state index in [-0.39, 0.29) is 5.75 Å². The van der Waals surface area contributed by atoms with Gasteiger partial charge in [0.15, 0.2) is 0 Å². The lowest BCUT2D eigenvalue weighted by Gasteiger charge is -2.09. The van der Waals surface area contributed by atoms with Crippen LogP contribution in [0.1, 0.15) is 5.56 Å². The van der Waals surface area contributed by atoms with Crippen LogP contribution >= 0.6 is 0 Å². The highest BCUT2D eigenvalue weighted by Gasteiger charge is 2.10. The summed E-state index contributed by atoms with van der Waals surface area (Å²) in [6.45, 7) is 1.95. The van der Waals surface area contributed by atoms with Gasteiger partial charge in [-0.3, -0.25) is 0 Å². The first-order valence-electron chi connectivity index (χ1n) is 5.40. The fourth-order valence-corrected chi connectivity index (χ4v) is 1.66. The van der Waals surface area contributed by atoms with Crippen LogP contribution in [0.25, 0.3) is 11.1 Å². The molecule has 0 heterocycles. The number of hydrogen-bond donors (Lipinski definition) is 1. The molecule has 2 N–H and O–H groups in total. The lowest BCUT2D eigenvalue weighted by Crippen LogP contribution is -2.16. The van der Waals surface area contributed by atoms with Crippen molar-refractivity contribution in [1.29, 1.82) is 0 Å². The molecule has 0 aliphatic rings. The second-order valence-electron chi connectivity index (χ2n) is 3.93. The molecule has 4 heteroatoms. The van der Waals surface area contributed by atoms with E-state index in [9.17, 15) is 9.18 Å². The van der Waals surface area contributed by atoms with Gasteiger partial charge in [0.25, 0.3) is 0 Å². The van der Waals surface area contributed by atoms with Crippen LogP contribution < -0.4 is 10.5 Å². The van der Waals surface area contributed by atoms with E-state index in [1.54, 1.807) is 0 Å². The molecule has 0 saturated carbocycles. The summed E-state index contributed by atoms with van der Waals surface area (Å²) in [6, 6.07) is 11.4. The topological polar surface area (TPSA) is 52.3 Å². The number of ether oxygens (including phenoxy) is 1. The number of primary amides is 1. The Morgan fingerprint density at radius 1 is 1.17 bits per heavy atom. The molecule has 0 spiro atoms. The number of hydrogen-bond acceptors (Lipinski definition) is 2. The van der Waals surface area contributed by atoms with Crippen LogP contribution in [0, 0.1) is 12.7 Å². The Labute approximate surface area is 104 Å². The predicted molar refractivity (Wildman–Crippen MR) is 66.8 cm³/mol. The number of rotatable bonds is 2. The molecule has 0 radical (unpaired) electrons. The van der Waals surface area contributed by atoms with E-state index in [1.165, 1.54) is 18.2 Å². The summed E-state index contributed by atoms with van der Waals surface area (Å²) >= 11 is 0. The summed E-state index contributed by atoms with van der Waals surface area (Å²) in [4.78, 5) is 10.8. The van der Waals surface area contributed by atoms with Gasteiger partial charge in [-0.2, -0.15) is 0 Å². The minimum atomic E-state index is -0.921. The SMILES string of the molecule is Cc1ccc(-c2cc(F)ccc2OC(N)=O)cc1. The van der Waals surface area contributed by atoms with Crippen molar-refractivity contribution in [3.63, 3.8) is 0 Å². The summed E-state index contributed by atoms with van der Waals surface area (Å²) in [5, 5.41) is 0. The van der Waals surface area contributed by atoms with Gasteiger partial charge in [0.05, 0.1) is 0 Å². The number of amides is 1. The zero-order valence-electron chi connectivity index (χ0n) is 9.81. The maximum absolute atomic E-state index is 13.3. The van der Waals surface area contributed by atoms with E-state index >= 15 is 0 Å². The first kappa shape index (κ1) is 12.1. The van der Waals surface area contributed by atoms with Crippen LogP contribution in [0.5, 0.6) is 5.75 Å². The van der Waals surface area contributed by atoms with Crippen LogP contribution in [-0.4, -0.2) is 6.09 Å². The first-order valence-corrected chi connectivity index (χ1v) is 5.40. The summed E-state index contributed by atoms with van der Waals surface area (Å²) in [5.41, 5.74) is 7.32. The molecule has 0 saturated heterocycles. The maximum atomic E-state index is 13.3. The number of benzene rings is 2. The zero-order valence-corrected chi connectivity index (χ0v) is 9.81. The number of aryl methyl sites for hydroxylation is 1. The maximum Gasteiger partial charge on any atom is 0.409 e. The van der Waals surface area contributed by atoms with Crippen LogP contribution in [0.4, 0.5) is 9.18 Å². The van der Waals surface area contributed by atoms with Crippen molar-refractivity contribution < 1.29 is 13.9 Å². The van der Waals surface area contributed by atoms with E-state index in [2.05, 4.69) is 0 Å². The molecular formula is C14H12FNO2. The van der Waals surface area contributed by atoms with E-state index < -0.39 is 11.9 Å². The molecule has 2 aromatic carbocycles. The van der Waals surface area contributed by atoms with E-state index in [0.29, 0.717) is 5.56 Å². The van der Waals surface area contributed by atoms with Crippen LogP contribution in [0.15, 0.2) is 42.5 Å². The van der Waals surface area contributed by atoms with Crippen molar-refractivity contribution in [1.82, 2.24) is 0 Å². The van der Waals surface area contributed by atoms with E-state index in [4.69, 9.17) is 10.5 Å². The Bertz CT molecular complexity index is 579. The second kappa shape index (κ2) is 4.87. The van der Waals surface area contributed by atoms with Crippen molar-refractivity contribution in [2.45, 2.75) is 6.92 Å². The molecule has 0 unspecified atom stereocenters. The van der Waals surface area contributed by atoms with Gasteiger partial charge in [-0.1, -0.05) is 29.8 Å². The molecule has 0 bridgehead atoms. The summed E-state index contributed by atoms with van der Waals surface area (Å²) in [7, 11) is 0. The van der Waals surface area contributed by atoms with Crippen LogP contribution in [0.2, 0.25) is 0 Å². The van der Waals surface area contributed by atoms with Crippen molar-refractivity contribution in [3.05, 3.63) is 53.8 Å². The average molecular weight is 245 g/mol. The van der Waals surface area contributed by atoms with Gasteiger partial charge >= 0.3 is 6.09 Å². The zero-order chi connectivity index (χ0) is 13.1. The highest BCUT2D eigenvalue weighted by molar-refractivity contribution is 5.76. The van der Waals surface area contributed by atoms with Gasteiger partial charge in [0.1, 0.15) is 11.6 Å². The smallest absolute Gasteiger partial charge is 0.409 e.